The van der Waals surface area contributed by atoms with E-state index in [0.717, 1.165) is 26.7 Å². The van der Waals surface area contributed by atoms with Crippen LogP contribution in [0, 0.1) is 0 Å². The van der Waals surface area contributed by atoms with Gasteiger partial charge in [0.05, 0.1) is 17.5 Å². The van der Waals surface area contributed by atoms with Gasteiger partial charge in [-0.25, -0.2) is 4.98 Å². The quantitative estimate of drug-likeness (QED) is 0.387. The average molecular weight is 417 g/mol. The molecule has 1 heterocycles. The number of hydrogen-bond donors (Lipinski definition) is 1. The third-order valence-electron chi connectivity index (χ3n) is 4.45. The molecule has 1 amide bonds. The van der Waals surface area contributed by atoms with E-state index in [9.17, 15) is 4.79 Å². The fourth-order valence-corrected chi connectivity index (χ4v) is 4.69. The molecule has 0 fully saturated rings. The van der Waals surface area contributed by atoms with E-state index in [0.29, 0.717) is 5.75 Å². The molecule has 0 atom stereocenters. The highest BCUT2D eigenvalue weighted by Gasteiger charge is 2.17. The van der Waals surface area contributed by atoms with Crippen molar-refractivity contribution in [3.8, 4) is 11.3 Å². The van der Waals surface area contributed by atoms with Crippen LogP contribution in [0.2, 0.25) is 0 Å². The SMILES string of the molecule is O=C(CSc1nc(-c2ccccc2)cs1)NC(c1ccccc1)c1ccccc1. The van der Waals surface area contributed by atoms with Gasteiger partial charge in [0.2, 0.25) is 5.91 Å². The summed E-state index contributed by atoms with van der Waals surface area (Å²) in [5.41, 5.74) is 4.17. The monoisotopic (exact) mass is 416 g/mol. The molecule has 0 aliphatic carbocycles. The lowest BCUT2D eigenvalue weighted by Crippen LogP contribution is -2.30. The molecule has 4 rings (SSSR count). The zero-order valence-corrected chi connectivity index (χ0v) is 17.3. The van der Waals surface area contributed by atoms with Crippen LogP contribution >= 0.6 is 23.1 Å². The molecule has 4 aromatic rings. The van der Waals surface area contributed by atoms with Gasteiger partial charge < -0.3 is 5.32 Å². The lowest BCUT2D eigenvalue weighted by atomic mass is 9.99. The number of nitrogens with zero attached hydrogens (tertiary/aromatic N) is 1. The van der Waals surface area contributed by atoms with Crippen LogP contribution in [0.4, 0.5) is 0 Å². The zero-order chi connectivity index (χ0) is 19.9. The summed E-state index contributed by atoms with van der Waals surface area (Å²) < 4.78 is 0.898. The van der Waals surface area contributed by atoms with Gasteiger partial charge in [0.15, 0.2) is 4.34 Å². The molecule has 0 radical (unpaired) electrons. The van der Waals surface area contributed by atoms with E-state index in [-0.39, 0.29) is 11.9 Å². The molecular weight excluding hydrogens is 396 g/mol. The lowest BCUT2D eigenvalue weighted by Gasteiger charge is -2.19. The van der Waals surface area contributed by atoms with E-state index < -0.39 is 0 Å². The predicted octanol–water partition coefficient (Wildman–Crippen LogP) is 5.81. The fraction of sp³-hybridized carbons (Fsp3) is 0.0833. The maximum Gasteiger partial charge on any atom is 0.231 e. The first-order valence-electron chi connectivity index (χ1n) is 9.32. The molecule has 29 heavy (non-hydrogen) atoms. The summed E-state index contributed by atoms with van der Waals surface area (Å²) in [6, 6.07) is 30.0. The normalized spacial score (nSPS) is 10.8. The van der Waals surface area contributed by atoms with Crippen LogP contribution in [0.25, 0.3) is 11.3 Å². The number of thioether (sulfide) groups is 1. The third-order valence-corrected chi connectivity index (χ3v) is 6.47. The van der Waals surface area contributed by atoms with Crippen molar-refractivity contribution in [2.75, 3.05) is 5.75 Å². The Balaban J connectivity index is 1.42. The maximum absolute atomic E-state index is 12.7. The Morgan fingerprint density at radius 1 is 0.862 bits per heavy atom. The average Bonchev–Trinajstić information content (AvgIpc) is 3.27. The van der Waals surface area contributed by atoms with Crippen LogP contribution in [0.3, 0.4) is 0 Å². The van der Waals surface area contributed by atoms with Crippen LogP contribution in [0.15, 0.2) is 101 Å². The highest BCUT2D eigenvalue weighted by molar-refractivity contribution is 8.01. The van der Waals surface area contributed by atoms with Gasteiger partial charge in [-0.3, -0.25) is 4.79 Å². The minimum atomic E-state index is -0.165. The summed E-state index contributed by atoms with van der Waals surface area (Å²) in [5, 5.41) is 5.21. The number of thiazole rings is 1. The zero-order valence-electron chi connectivity index (χ0n) is 15.7. The number of carbonyl (C=O) groups excluding carboxylic acids is 1. The van der Waals surface area contributed by atoms with Gasteiger partial charge in [-0.2, -0.15) is 0 Å². The smallest absolute Gasteiger partial charge is 0.231 e. The molecule has 1 N–H and O–H groups in total. The lowest BCUT2D eigenvalue weighted by molar-refractivity contribution is -0.119. The van der Waals surface area contributed by atoms with Crippen LogP contribution in [0.1, 0.15) is 17.2 Å². The molecule has 0 spiro atoms. The van der Waals surface area contributed by atoms with E-state index in [1.54, 1.807) is 11.3 Å². The molecule has 3 aromatic carbocycles. The number of nitrogens with one attached hydrogen (secondary N) is 1. The van der Waals surface area contributed by atoms with Crippen molar-refractivity contribution in [3.63, 3.8) is 0 Å². The van der Waals surface area contributed by atoms with Crippen molar-refractivity contribution in [1.82, 2.24) is 10.3 Å². The number of amides is 1. The molecule has 0 bridgehead atoms. The molecule has 0 saturated carbocycles. The van der Waals surface area contributed by atoms with Gasteiger partial charge in [-0.1, -0.05) is 103 Å². The van der Waals surface area contributed by atoms with Gasteiger partial charge in [0.1, 0.15) is 0 Å². The van der Waals surface area contributed by atoms with Gasteiger partial charge in [-0.05, 0) is 11.1 Å². The second kappa shape index (κ2) is 9.54. The number of benzene rings is 3. The van der Waals surface area contributed by atoms with Crippen LogP contribution in [0.5, 0.6) is 0 Å². The summed E-state index contributed by atoms with van der Waals surface area (Å²) in [5.74, 6) is 0.321. The van der Waals surface area contributed by atoms with E-state index in [4.69, 9.17) is 0 Å². The molecule has 5 heteroatoms. The second-order valence-electron chi connectivity index (χ2n) is 6.48. The third kappa shape index (κ3) is 5.13. The van der Waals surface area contributed by atoms with Crippen molar-refractivity contribution >= 4 is 29.0 Å². The van der Waals surface area contributed by atoms with Gasteiger partial charge in [-0.15, -0.1) is 11.3 Å². The number of hydrogen-bond acceptors (Lipinski definition) is 4. The molecule has 3 nitrogen and oxygen atoms in total. The molecular formula is C24H20N2OS2. The van der Waals surface area contributed by atoms with E-state index in [1.165, 1.54) is 11.8 Å². The summed E-state index contributed by atoms with van der Waals surface area (Å²) in [6.45, 7) is 0. The first-order valence-corrected chi connectivity index (χ1v) is 11.2. The molecule has 0 aliphatic rings. The van der Waals surface area contributed by atoms with Crippen molar-refractivity contribution in [2.24, 2.45) is 0 Å². The number of aromatic nitrogens is 1. The highest BCUT2D eigenvalue weighted by Crippen LogP contribution is 2.28. The van der Waals surface area contributed by atoms with Crippen molar-refractivity contribution < 1.29 is 4.79 Å². The van der Waals surface area contributed by atoms with Gasteiger partial charge in [0, 0.05) is 10.9 Å². The molecule has 0 aliphatic heterocycles. The predicted molar refractivity (Wildman–Crippen MR) is 121 cm³/mol. The Morgan fingerprint density at radius 2 is 1.41 bits per heavy atom. The van der Waals surface area contributed by atoms with Crippen LogP contribution in [-0.4, -0.2) is 16.6 Å². The Kier molecular flexibility index (Phi) is 6.39. The minimum Gasteiger partial charge on any atom is -0.344 e. The number of carbonyl (C=O) groups is 1. The summed E-state index contributed by atoms with van der Waals surface area (Å²) in [7, 11) is 0. The molecule has 0 saturated heterocycles. The van der Waals surface area contributed by atoms with Gasteiger partial charge in [0.25, 0.3) is 0 Å². The molecule has 1 aromatic heterocycles. The number of rotatable bonds is 7. The van der Waals surface area contributed by atoms with Gasteiger partial charge >= 0.3 is 0 Å². The first-order chi connectivity index (χ1) is 14.3. The Morgan fingerprint density at radius 3 is 2.00 bits per heavy atom. The van der Waals surface area contributed by atoms with Crippen molar-refractivity contribution in [3.05, 3.63) is 108 Å². The standard InChI is InChI=1S/C24H20N2OS2/c27-22(17-29-24-25-21(16-28-24)18-10-4-1-5-11-18)26-23(19-12-6-2-7-13-19)20-14-8-3-9-15-20/h1-16,23H,17H2,(H,26,27). The maximum atomic E-state index is 12.7. The van der Waals surface area contributed by atoms with Crippen molar-refractivity contribution in [2.45, 2.75) is 10.4 Å². The molecule has 144 valence electrons. The summed E-state index contributed by atoms with van der Waals surface area (Å²) in [4.78, 5) is 17.3. The Hall–Kier alpha value is -2.89. The van der Waals surface area contributed by atoms with E-state index >= 15 is 0 Å². The Bertz CT molecular complexity index is 1010. The van der Waals surface area contributed by atoms with Crippen molar-refractivity contribution in [1.29, 1.82) is 0 Å². The highest BCUT2D eigenvalue weighted by atomic mass is 32.2. The summed E-state index contributed by atoms with van der Waals surface area (Å²) >= 11 is 3.04. The largest absolute Gasteiger partial charge is 0.344 e. The van der Waals surface area contributed by atoms with Crippen LogP contribution < -0.4 is 5.32 Å². The van der Waals surface area contributed by atoms with E-state index in [1.807, 2.05) is 96.4 Å². The van der Waals surface area contributed by atoms with Crippen LogP contribution in [-0.2, 0) is 4.79 Å². The fourth-order valence-electron chi connectivity index (χ4n) is 3.05. The topological polar surface area (TPSA) is 42.0 Å². The minimum absolute atomic E-state index is 0.0100. The summed E-state index contributed by atoms with van der Waals surface area (Å²) in [6.07, 6.45) is 0. The first kappa shape index (κ1) is 19.4. The molecule has 0 unspecified atom stereocenters. The van der Waals surface area contributed by atoms with E-state index in [2.05, 4.69) is 10.3 Å². The second-order valence-corrected chi connectivity index (χ2v) is 8.56. The Labute approximate surface area is 178 Å².